The van der Waals surface area contributed by atoms with E-state index in [-0.39, 0.29) is 10.8 Å². The Hall–Kier alpha value is -2.38. The second-order valence-corrected chi connectivity index (χ2v) is 9.97. The van der Waals surface area contributed by atoms with E-state index < -0.39 is 10.0 Å². The molecule has 6 nitrogen and oxygen atoms in total. The van der Waals surface area contributed by atoms with Gasteiger partial charge in [0, 0.05) is 50.5 Å². The van der Waals surface area contributed by atoms with Gasteiger partial charge in [0.15, 0.2) is 0 Å². The normalized spacial score (nSPS) is 14.9. The second kappa shape index (κ2) is 9.40. The number of benzene rings is 2. The van der Waals surface area contributed by atoms with Gasteiger partial charge in [-0.1, -0.05) is 32.0 Å². The number of nitrogens with zero attached hydrogens (tertiary/aromatic N) is 3. The highest BCUT2D eigenvalue weighted by molar-refractivity contribution is 7.89. The van der Waals surface area contributed by atoms with Crippen LogP contribution in [0, 0.1) is 20.8 Å². The van der Waals surface area contributed by atoms with Crippen LogP contribution in [0.4, 0.5) is 5.69 Å². The number of amides is 1. The van der Waals surface area contributed by atoms with Crippen LogP contribution in [0.5, 0.6) is 0 Å². The van der Waals surface area contributed by atoms with Gasteiger partial charge in [-0.15, -0.1) is 0 Å². The van der Waals surface area contributed by atoms with Crippen LogP contribution >= 0.6 is 0 Å². The van der Waals surface area contributed by atoms with Crippen molar-refractivity contribution in [1.82, 2.24) is 9.21 Å². The molecule has 1 heterocycles. The molecule has 0 radical (unpaired) electrons. The Balaban J connectivity index is 1.78. The lowest BCUT2D eigenvalue weighted by atomic mass is 10.1. The lowest BCUT2D eigenvalue weighted by molar-refractivity contribution is 0.0746. The first-order valence-corrected chi connectivity index (χ1v) is 12.4. The number of sulfonamides is 1. The molecular formula is C24H33N3O3S. The van der Waals surface area contributed by atoms with Crippen molar-refractivity contribution >= 4 is 21.6 Å². The van der Waals surface area contributed by atoms with Crippen molar-refractivity contribution in [2.24, 2.45) is 0 Å². The van der Waals surface area contributed by atoms with Gasteiger partial charge in [-0.25, -0.2) is 8.42 Å². The van der Waals surface area contributed by atoms with Crippen molar-refractivity contribution in [3.05, 3.63) is 58.7 Å². The lowest BCUT2D eigenvalue weighted by Crippen LogP contribution is -2.49. The van der Waals surface area contributed by atoms with Crippen LogP contribution in [-0.2, 0) is 10.0 Å². The summed E-state index contributed by atoms with van der Waals surface area (Å²) in [6, 6.07) is 11.3. The first kappa shape index (κ1) is 23.3. The number of hydrogen-bond acceptors (Lipinski definition) is 4. The van der Waals surface area contributed by atoms with Crippen LogP contribution in [0.1, 0.15) is 40.9 Å². The molecule has 168 valence electrons. The molecule has 1 aliphatic rings. The van der Waals surface area contributed by atoms with Gasteiger partial charge in [0.25, 0.3) is 5.91 Å². The summed E-state index contributed by atoms with van der Waals surface area (Å²) >= 11 is 0. The fourth-order valence-corrected chi connectivity index (χ4v) is 5.83. The maximum Gasteiger partial charge on any atom is 0.254 e. The van der Waals surface area contributed by atoms with Crippen LogP contribution < -0.4 is 4.90 Å². The summed E-state index contributed by atoms with van der Waals surface area (Å²) in [7, 11) is -3.62. The van der Waals surface area contributed by atoms with Crippen molar-refractivity contribution in [3.8, 4) is 0 Å². The van der Waals surface area contributed by atoms with Crippen molar-refractivity contribution < 1.29 is 13.2 Å². The minimum Gasteiger partial charge on any atom is -0.368 e. The first-order valence-electron chi connectivity index (χ1n) is 10.9. The van der Waals surface area contributed by atoms with Crippen LogP contribution in [0.15, 0.2) is 41.3 Å². The molecule has 0 aliphatic carbocycles. The van der Waals surface area contributed by atoms with Crippen molar-refractivity contribution in [1.29, 1.82) is 0 Å². The zero-order valence-electron chi connectivity index (χ0n) is 19.2. The summed E-state index contributed by atoms with van der Waals surface area (Å²) in [5.74, 6) is -0.114. The van der Waals surface area contributed by atoms with Gasteiger partial charge in [0.1, 0.15) is 0 Å². The minimum atomic E-state index is -3.62. The minimum absolute atomic E-state index is 0.114. The van der Waals surface area contributed by atoms with Crippen molar-refractivity contribution in [2.75, 3.05) is 44.2 Å². The summed E-state index contributed by atoms with van der Waals surface area (Å²) < 4.78 is 27.5. The Morgan fingerprint density at radius 1 is 0.935 bits per heavy atom. The van der Waals surface area contributed by atoms with E-state index in [4.69, 9.17) is 0 Å². The van der Waals surface area contributed by atoms with Gasteiger partial charge in [0.2, 0.25) is 10.0 Å². The van der Waals surface area contributed by atoms with Crippen LogP contribution in [0.3, 0.4) is 0 Å². The van der Waals surface area contributed by atoms with E-state index in [9.17, 15) is 13.2 Å². The van der Waals surface area contributed by atoms with Crippen LogP contribution in [0.2, 0.25) is 0 Å². The molecule has 0 atom stereocenters. The zero-order chi connectivity index (χ0) is 22.8. The maximum atomic E-state index is 13.2. The Morgan fingerprint density at radius 2 is 1.58 bits per heavy atom. The molecule has 0 unspecified atom stereocenters. The zero-order valence-corrected chi connectivity index (χ0v) is 20.0. The van der Waals surface area contributed by atoms with Gasteiger partial charge in [-0.3, -0.25) is 4.79 Å². The second-order valence-electron chi connectivity index (χ2n) is 8.07. The van der Waals surface area contributed by atoms with E-state index in [1.807, 2.05) is 18.7 Å². The Morgan fingerprint density at radius 3 is 2.19 bits per heavy atom. The Bertz CT molecular complexity index is 1050. The molecule has 2 aromatic carbocycles. The molecule has 1 saturated heterocycles. The molecule has 1 aliphatic heterocycles. The smallest absolute Gasteiger partial charge is 0.254 e. The van der Waals surface area contributed by atoms with Crippen molar-refractivity contribution in [3.63, 3.8) is 0 Å². The topological polar surface area (TPSA) is 60.9 Å². The quantitative estimate of drug-likeness (QED) is 0.684. The highest BCUT2D eigenvalue weighted by Crippen LogP contribution is 2.25. The molecule has 3 rings (SSSR count). The van der Waals surface area contributed by atoms with E-state index in [0.717, 1.165) is 13.1 Å². The van der Waals surface area contributed by atoms with Gasteiger partial charge < -0.3 is 9.80 Å². The van der Waals surface area contributed by atoms with E-state index in [2.05, 4.69) is 36.9 Å². The fourth-order valence-electron chi connectivity index (χ4n) is 4.12. The predicted octanol–water partition coefficient (Wildman–Crippen LogP) is 3.60. The molecule has 0 bridgehead atoms. The molecule has 0 N–H and O–H groups in total. The molecule has 2 aromatic rings. The molecule has 1 fully saturated rings. The fraction of sp³-hybridized carbons (Fsp3) is 0.458. The third kappa shape index (κ3) is 4.62. The predicted molar refractivity (Wildman–Crippen MR) is 125 cm³/mol. The van der Waals surface area contributed by atoms with E-state index in [1.54, 1.807) is 25.1 Å². The maximum absolute atomic E-state index is 13.2. The number of hydrogen-bond donors (Lipinski definition) is 0. The summed E-state index contributed by atoms with van der Waals surface area (Å²) in [5.41, 5.74) is 4.83. The van der Waals surface area contributed by atoms with Gasteiger partial charge in [0.05, 0.1) is 4.90 Å². The molecule has 7 heteroatoms. The standard InChI is InChI=1S/C24H33N3O3S/c1-6-27(7-2)31(29,30)23-17-21(12-11-19(23)4)24(28)26-15-13-25(14-16-26)22-10-8-9-18(3)20(22)5/h8-12,17H,6-7,13-16H2,1-5H3. The molecule has 1 amide bonds. The van der Waals surface area contributed by atoms with E-state index in [0.29, 0.717) is 37.3 Å². The molecule has 0 spiro atoms. The van der Waals surface area contributed by atoms with Crippen molar-refractivity contribution in [2.45, 2.75) is 39.5 Å². The molecule has 0 aromatic heterocycles. The SMILES string of the molecule is CCN(CC)S(=O)(=O)c1cc(C(=O)N2CCN(c3cccc(C)c3C)CC2)ccc1C. The number of piperazine rings is 1. The summed E-state index contributed by atoms with van der Waals surface area (Å²) in [6.07, 6.45) is 0. The van der Waals surface area contributed by atoms with E-state index >= 15 is 0 Å². The largest absolute Gasteiger partial charge is 0.368 e. The number of carbonyl (C=O) groups is 1. The summed E-state index contributed by atoms with van der Waals surface area (Å²) in [6.45, 7) is 13.2. The lowest BCUT2D eigenvalue weighted by Gasteiger charge is -2.37. The van der Waals surface area contributed by atoms with Crippen LogP contribution in [0.25, 0.3) is 0 Å². The average Bonchev–Trinajstić information content (AvgIpc) is 2.76. The Kier molecular flexibility index (Phi) is 7.06. The average molecular weight is 444 g/mol. The monoisotopic (exact) mass is 443 g/mol. The molecule has 31 heavy (non-hydrogen) atoms. The highest BCUT2D eigenvalue weighted by atomic mass is 32.2. The third-order valence-electron chi connectivity index (χ3n) is 6.24. The van der Waals surface area contributed by atoms with Gasteiger partial charge in [-0.05, 0) is 55.7 Å². The number of aryl methyl sites for hydroxylation is 2. The molecular weight excluding hydrogens is 410 g/mol. The third-order valence-corrected chi connectivity index (χ3v) is 8.43. The van der Waals surface area contributed by atoms with Crippen LogP contribution in [-0.4, -0.2) is 62.8 Å². The number of rotatable bonds is 6. The Labute approximate surface area is 186 Å². The number of carbonyl (C=O) groups excluding carboxylic acids is 1. The first-order chi connectivity index (χ1) is 14.7. The summed E-state index contributed by atoms with van der Waals surface area (Å²) in [4.78, 5) is 17.5. The highest BCUT2D eigenvalue weighted by Gasteiger charge is 2.27. The van der Waals surface area contributed by atoms with Gasteiger partial charge >= 0.3 is 0 Å². The van der Waals surface area contributed by atoms with Gasteiger partial charge in [-0.2, -0.15) is 4.31 Å². The number of anilines is 1. The summed E-state index contributed by atoms with van der Waals surface area (Å²) in [5, 5.41) is 0. The van der Waals surface area contributed by atoms with E-state index in [1.165, 1.54) is 21.1 Å². The molecule has 0 saturated carbocycles.